The number of carbonyl (C=O) groups is 1. The van der Waals surface area contributed by atoms with Crippen molar-refractivity contribution in [2.45, 2.75) is 13.1 Å². The Hall–Kier alpha value is -2.92. The zero-order valence-corrected chi connectivity index (χ0v) is 13.6. The van der Waals surface area contributed by atoms with Gasteiger partial charge in [0.2, 0.25) is 5.91 Å². The van der Waals surface area contributed by atoms with Gasteiger partial charge in [-0.3, -0.25) is 4.79 Å². The molecule has 1 aromatic carbocycles. The van der Waals surface area contributed by atoms with Gasteiger partial charge in [-0.05, 0) is 30.7 Å². The maximum Gasteiger partial charge on any atom is 0.417 e. The number of aryl methyl sites for hydroxylation is 1. The molecule has 0 fully saturated rings. The highest BCUT2D eigenvalue weighted by molar-refractivity contribution is 7.19. The van der Waals surface area contributed by atoms with E-state index in [4.69, 9.17) is 11.0 Å². The van der Waals surface area contributed by atoms with Crippen LogP contribution in [0.2, 0.25) is 0 Å². The SMILES string of the molecule is Cc1c(C#N)sc2nc(-c3ccc(C(N)=O)cc3)cc(C(F)(F)F)c12. The first-order valence-electron chi connectivity index (χ1n) is 7.04. The van der Waals surface area contributed by atoms with Crippen LogP contribution >= 0.6 is 11.3 Å². The first-order valence-corrected chi connectivity index (χ1v) is 7.85. The minimum atomic E-state index is -4.58. The maximum absolute atomic E-state index is 13.5. The Labute approximate surface area is 144 Å². The van der Waals surface area contributed by atoms with Crippen LogP contribution in [0.25, 0.3) is 21.5 Å². The zero-order chi connectivity index (χ0) is 18.4. The number of amides is 1. The number of alkyl halides is 3. The lowest BCUT2D eigenvalue weighted by Crippen LogP contribution is -2.10. The molecule has 0 radical (unpaired) electrons. The molecule has 0 spiro atoms. The fraction of sp³-hybridized carbons (Fsp3) is 0.118. The van der Waals surface area contributed by atoms with E-state index >= 15 is 0 Å². The van der Waals surface area contributed by atoms with Crippen molar-refractivity contribution < 1.29 is 18.0 Å². The summed E-state index contributed by atoms with van der Waals surface area (Å²) in [5, 5.41) is 9.04. The molecule has 0 aliphatic carbocycles. The van der Waals surface area contributed by atoms with Gasteiger partial charge in [-0.1, -0.05) is 12.1 Å². The molecule has 3 aromatic rings. The van der Waals surface area contributed by atoms with Crippen LogP contribution < -0.4 is 5.73 Å². The van der Waals surface area contributed by atoms with E-state index in [2.05, 4.69) is 4.98 Å². The lowest BCUT2D eigenvalue weighted by Gasteiger charge is -2.11. The molecule has 2 heterocycles. The van der Waals surface area contributed by atoms with Crippen LogP contribution in [0.3, 0.4) is 0 Å². The number of rotatable bonds is 2. The normalized spacial score (nSPS) is 11.5. The summed E-state index contributed by atoms with van der Waals surface area (Å²) in [6, 6.07) is 8.69. The largest absolute Gasteiger partial charge is 0.417 e. The molecule has 0 aliphatic rings. The smallest absolute Gasteiger partial charge is 0.366 e. The molecule has 0 atom stereocenters. The van der Waals surface area contributed by atoms with Gasteiger partial charge in [-0.2, -0.15) is 18.4 Å². The lowest BCUT2D eigenvalue weighted by atomic mass is 10.0. The maximum atomic E-state index is 13.5. The fourth-order valence-electron chi connectivity index (χ4n) is 2.53. The number of halogens is 3. The van der Waals surface area contributed by atoms with Gasteiger partial charge in [-0.15, -0.1) is 11.3 Å². The number of nitrogens with zero attached hydrogens (tertiary/aromatic N) is 2. The first kappa shape index (κ1) is 16.9. The Balaban J connectivity index is 2.27. The summed E-state index contributed by atoms with van der Waals surface area (Å²) < 4.78 is 40.5. The standard InChI is InChI=1S/C17H10F3N3OS/c1-8-13(7-21)25-16-14(8)11(17(18,19)20)6-12(23-16)9-2-4-10(5-3-9)15(22)24/h2-6H,1H3,(H2,22,24). The van der Waals surface area contributed by atoms with Crippen LogP contribution in [0.5, 0.6) is 0 Å². The summed E-state index contributed by atoms with van der Waals surface area (Å²) in [5.74, 6) is -0.626. The van der Waals surface area contributed by atoms with E-state index in [1.165, 1.54) is 31.2 Å². The average molecular weight is 361 g/mol. The lowest BCUT2D eigenvalue weighted by molar-refractivity contribution is -0.136. The topological polar surface area (TPSA) is 79.8 Å². The molecule has 2 aromatic heterocycles. The molecule has 3 rings (SSSR count). The van der Waals surface area contributed by atoms with Crippen molar-refractivity contribution in [1.29, 1.82) is 5.26 Å². The van der Waals surface area contributed by atoms with Crippen LogP contribution in [0.1, 0.15) is 26.4 Å². The van der Waals surface area contributed by atoms with E-state index in [0.29, 0.717) is 5.56 Å². The Kier molecular flexibility index (Phi) is 3.97. The van der Waals surface area contributed by atoms with E-state index in [1.807, 2.05) is 6.07 Å². The Morgan fingerprint density at radius 1 is 1.28 bits per heavy atom. The van der Waals surface area contributed by atoms with Crippen molar-refractivity contribution in [2.75, 3.05) is 0 Å². The van der Waals surface area contributed by atoms with Crippen LogP contribution in [0, 0.1) is 18.3 Å². The van der Waals surface area contributed by atoms with Crippen molar-refractivity contribution in [3.05, 3.63) is 51.9 Å². The minimum absolute atomic E-state index is 0.0495. The molecule has 126 valence electrons. The minimum Gasteiger partial charge on any atom is -0.366 e. The number of hydrogen-bond acceptors (Lipinski definition) is 4. The number of carbonyl (C=O) groups excluding carboxylic acids is 1. The number of hydrogen-bond donors (Lipinski definition) is 1. The van der Waals surface area contributed by atoms with E-state index in [9.17, 15) is 18.0 Å². The molecule has 0 saturated carbocycles. The van der Waals surface area contributed by atoms with Crippen molar-refractivity contribution >= 4 is 27.5 Å². The van der Waals surface area contributed by atoms with Crippen LogP contribution in [-0.2, 0) is 6.18 Å². The number of benzene rings is 1. The van der Waals surface area contributed by atoms with Crippen molar-refractivity contribution in [3.63, 3.8) is 0 Å². The van der Waals surface area contributed by atoms with Crippen LogP contribution in [-0.4, -0.2) is 10.9 Å². The van der Waals surface area contributed by atoms with Gasteiger partial charge in [0.25, 0.3) is 0 Å². The quantitative estimate of drug-likeness (QED) is 0.740. The number of aromatic nitrogens is 1. The molecular formula is C17H10F3N3OS. The summed E-state index contributed by atoms with van der Waals surface area (Å²) in [5.41, 5.74) is 5.39. The van der Waals surface area contributed by atoms with E-state index in [1.54, 1.807) is 0 Å². The third-order valence-corrected chi connectivity index (χ3v) is 4.86. The molecular weight excluding hydrogens is 351 g/mol. The molecule has 2 N–H and O–H groups in total. The molecule has 0 saturated heterocycles. The molecule has 8 heteroatoms. The molecule has 0 bridgehead atoms. The van der Waals surface area contributed by atoms with E-state index in [-0.39, 0.29) is 31.9 Å². The second kappa shape index (κ2) is 5.86. The number of thiophene rings is 1. The van der Waals surface area contributed by atoms with Crippen molar-refractivity contribution in [3.8, 4) is 17.3 Å². The third kappa shape index (κ3) is 2.94. The Morgan fingerprint density at radius 3 is 2.44 bits per heavy atom. The fourth-order valence-corrected chi connectivity index (χ4v) is 3.53. The Bertz CT molecular complexity index is 1030. The van der Waals surface area contributed by atoms with Gasteiger partial charge in [0.05, 0.1) is 11.3 Å². The predicted octanol–water partition coefficient (Wildman–Crippen LogP) is 4.26. The highest BCUT2D eigenvalue weighted by Crippen LogP contribution is 2.41. The van der Waals surface area contributed by atoms with Crippen molar-refractivity contribution in [1.82, 2.24) is 4.98 Å². The van der Waals surface area contributed by atoms with Gasteiger partial charge in [0.1, 0.15) is 15.8 Å². The van der Waals surface area contributed by atoms with Gasteiger partial charge >= 0.3 is 6.18 Å². The van der Waals surface area contributed by atoms with E-state index < -0.39 is 17.6 Å². The third-order valence-electron chi connectivity index (χ3n) is 3.77. The highest BCUT2D eigenvalue weighted by Gasteiger charge is 2.35. The molecule has 25 heavy (non-hydrogen) atoms. The monoisotopic (exact) mass is 361 g/mol. The van der Waals surface area contributed by atoms with Gasteiger partial charge in [0.15, 0.2) is 0 Å². The summed E-state index contributed by atoms with van der Waals surface area (Å²) in [6.07, 6.45) is -4.58. The Morgan fingerprint density at radius 2 is 1.92 bits per heavy atom. The molecule has 1 amide bonds. The average Bonchev–Trinajstić information content (AvgIpc) is 2.89. The molecule has 4 nitrogen and oxygen atoms in total. The van der Waals surface area contributed by atoms with Crippen molar-refractivity contribution in [2.24, 2.45) is 5.73 Å². The second-order valence-corrected chi connectivity index (χ2v) is 6.34. The second-order valence-electron chi connectivity index (χ2n) is 5.34. The van der Waals surface area contributed by atoms with Gasteiger partial charge in [0, 0.05) is 16.5 Å². The summed E-state index contributed by atoms with van der Waals surface area (Å²) in [4.78, 5) is 15.7. The zero-order valence-electron chi connectivity index (χ0n) is 12.8. The summed E-state index contributed by atoms with van der Waals surface area (Å²) in [6.45, 7) is 1.48. The molecule has 0 unspecified atom stereocenters. The van der Waals surface area contributed by atoms with E-state index in [0.717, 1.165) is 17.4 Å². The number of fused-ring (bicyclic) bond motifs is 1. The van der Waals surface area contributed by atoms with Crippen LogP contribution in [0.15, 0.2) is 30.3 Å². The summed E-state index contributed by atoms with van der Waals surface area (Å²) in [7, 11) is 0. The number of nitrogens with two attached hydrogens (primary N) is 1. The highest BCUT2D eigenvalue weighted by atomic mass is 32.1. The first-order chi connectivity index (χ1) is 11.7. The summed E-state index contributed by atoms with van der Waals surface area (Å²) >= 11 is 0.925. The predicted molar refractivity (Wildman–Crippen MR) is 88.0 cm³/mol. The number of primary amides is 1. The van der Waals surface area contributed by atoms with Gasteiger partial charge in [-0.25, -0.2) is 4.98 Å². The number of nitriles is 1. The van der Waals surface area contributed by atoms with Gasteiger partial charge < -0.3 is 5.73 Å². The molecule has 0 aliphatic heterocycles. The number of pyridine rings is 1. The van der Waals surface area contributed by atoms with Crippen LogP contribution in [0.4, 0.5) is 13.2 Å².